The number of imide groups is 2. The molecule has 0 saturated carbocycles. The number of rotatable bonds is 7. The number of hydrogen-bond acceptors (Lipinski definition) is 30. The first-order valence-electron chi connectivity index (χ1n) is 39.7. The average Bonchev–Trinajstić information content (AvgIpc) is 1.61. The van der Waals surface area contributed by atoms with Crippen LogP contribution in [0.4, 0.5) is 5.69 Å². The topological polar surface area (TPSA) is 678 Å². The standard InChI is InChI=1S/C74H100N18O29S3/c1-8-30(2)56-66(110)78-24-51(98)83-43-28-124(118)70-38(19-41(63(107)77-25-52(99)88-56)85-67(111)57(31(3)45(95)27-93)89-65(109)44-17-36(94)26-90(44)71(114)42(21-55(102)103)86-64(43)108)37-18-40-46(20-39(37)87-70)121-74(117)35(7)82-61(105)33(5)80-50(97)10-14-120-16-12-76-69(113)59-58(91-53(100)22-47(72(91)115)122-29-123-48-23-54(101)92(59)73(48)116)68(112)75-11-15-119-13-9-49(96)79-32(4)60(104)81-34(6)62(106)84-40/h18,20,30-36,41-45,47-48,56-59,87,93-95H,8-17,19,21-29H2,1-7H3,(H,75,112)(H,76,113)(H,77,107)(H,78,110)(H,79,96)(H,80,97)(H,81,104)(H,82,105)(H,83,98)(H,84,106)(H,85,111)(H,86,108)(H,88,99)(H,89,109)(H,102,103)/t30-,31?,32?,33?,34?,35?,36+,41-,42-,43-,44-,45-,47?,48?,56-,57-,58?,59?,124?/m0/s1. The number of nitrogens with zero attached hydrogens (tertiary/aromatic N) is 3. The number of hydrogen-bond donors (Lipinski definition) is 19. The normalized spacial score (nSPS) is 30.0. The number of carboxylic acid groups (broad SMARTS) is 1. The van der Waals surface area contributed by atoms with Gasteiger partial charge >= 0.3 is 11.9 Å². The minimum atomic E-state index is -2.84. The fraction of sp³-hybridized carbons (Fsp3) is 0.608. The van der Waals surface area contributed by atoms with Crippen molar-refractivity contribution < 1.29 is 140 Å². The molecule has 124 heavy (non-hydrogen) atoms. The molecule has 0 spiro atoms. The van der Waals surface area contributed by atoms with Crippen LogP contribution in [-0.4, -0.2) is 340 Å². The number of nitrogens with one attached hydrogen (secondary N) is 15. The number of benzene rings is 1. The number of fused-ring (bicyclic) bond motifs is 13. The van der Waals surface area contributed by atoms with Crippen molar-refractivity contribution in [3.05, 3.63) is 17.7 Å². The van der Waals surface area contributed by atoms with Crippen LogP contribution in [0.15, 0.2) is 17.2 Å². The van der Waals surface area contributed by atoms with Crippen LogP contribution in [0, 0.1) is 11.8 Å². The molecule has 7 aliphatic heterocycles. The van der Waals surface area contributed by atoms with E-state index < -0.39 is 336 Å². The van der Waals surface area contributed by atoms with E-state index in [9.17, 15) is 112 Å². The van der Waals surface area contributed by atoms with Gasteiger partial charge in [-0.15, -0.1) is 23.5 Å². The number of aliphatic hydroxyl groups is 3. The number of aliphatic hydroxyl groups excluding tert-OH is 3. The van der Waals surface area contributed by atoms with Crippen LogP contribution < -0.4 is 79.2 Å². The molecule has 2 aromatic rings. The summed E-state index contributed by atoms with van der Waals surface area (Å²) < 4.78 is 32.7. The van der Waals surface area contributed by atoms with E-state index in [1.807, 2.05) is 0 Å². The molecule has 7 aliphatic rings. The van der Waals surface area contributed by atoms with Gasteiger partial charge in [0.1, 0.15) is 77.5 Å². The fourth-order valence-electron chi connectivity index (χ4n) is 14.2. The first kappa shape index (κ1) is 96.5. The number of carboxylic acids is 1. The second-order valence-electron chi connectivity index (χ2n) is 30.4. The zero-order valence-electron chi connectivity index (χ0n) is 68.3. The van der Waals surface area contributed by atoms with E-state index >= 15 is 13.8 Å². The Morgan fingerprint density at radius 3 is 1.68 bits per heavy atom. The molecule has 4 saturated heterocycles. The zero-order valence-corrected chi connectivity index (χ0v) is 70.7. The van der Waals surface area contributed by atoms with E-state index in [4.69, 9.17) is 14.2 Å². The van der Waals surface area contributed by atoms with Crippen molar-refractivity contribution in [3.63, 3.8) is 0 Å². The Morgan fingerprint density at radius 1 is 0.573 bits per heavy atom. The quantitative estimate of drug-likeness (QED) is 0.0695. The highest BCUT2D eigenvalue weighted by atomic mass is 32.2. The molecule has 6 bridgehead atoms. The van der Waals surface area contributed by atoms with E-state index in [-0.39, 0.29) is 67.2 Å². The van der Waals surface area contributed by atoms with Crippen molar-refractivity contribution in [3.8, 4) is 5.75 Å². The molecule has 19 amide bonds. The Balaban J connectivity index is 1.09. The number of ether oxygens (including phenoxy) is 3. The van der Waals surface area contributed by atoms with Crippen LogP contribution >= 0.6 is 23.5 Å². The second-order valence-corrected chi connectivity index (χ2v) is 34.6. The average molecular weight is 1800 g/mol. The van der Waals surface area contributed by atoms with Crippen LogP contribution in [0.1, 0.15) is 99.0 Å². The molecule has 9 rings (SSSR count). The van der Waals surface area contributed by atoms with E-state index in [1.54, 1.807) is 13.8 Å². The van der Waals surface area contributed by atoms with E-state index in [2.05, 4.69) is 79.4 Å². The molecule has 50 heteroatoms. The summed E-state index contributed by atoms with van der Waals surface area (Å²) in [4.78, 5) is 301. The van der Waals surface area contributed by atoms with Crippen LogP contribution in [-0.2, 0) is 127 Å². The molecule has 1 aromatic carbocycles. The Hall–Kier alpha value is -11.3. The summed E-state index contributed by atoms with van der Waals surface area (Å²) in [7, 11) is -2.84. The van der Waals surface area contributed by atoms with E-state index in [1.165, 1.54) is 20.8 Å². The van der Waals surface area contributed by atoms with Gasteiger partial charge in [-0.05, 0) is 45.2 Å². The number of amides is 19. The molecular formula is C74H100N18O29S3. The zero-order chi connectivity index (χ0) is 91.0. The van der Waals surface area contributed by atoms with Crippen molar-refractivity contribution in [2.75, 3.05) is 81.9 Å². The molecule has 19 N–H and O–H groups in total. The number of carbonyl (C=O) groups is 21. The highest BCUT2D eigenvalue weighted by Gasteiger charge is 2.57. The monoisotopic (exact) mass is 1800 g/mol. The lowest BCUT2D eigenvalue weighted by atomic mass is 9.93. The second kappa shape index (κ2) is 43.3. The molecule has 47 nitrogen and oxygen atoms in total. The van der Waals surface area contributed by atoms with E-state index in [0.29, 0.717) is 14.7 Å². The molecule has 4 fully saturated rings. The summed E-state index contributed by atoms with van der Waals surface area (Å²) in [6.07, 6.45) is -7.59. The Morgan fingerprint density at radius 2 is 1.12 bits per heavy atom. The van der Waals surface area contributed by atoms with Crippen molar-refractivity contribution in [2.24, 2.45) is 11.8 Å². The highest BCUT2D eigenvalue weighted by molar-refractivity contribution is 8.17. The summed E-state index contributed by atoms with van der Waals surface area (Å²) in [6, 6.07) is -20.1. The summed E-state index contributed by atoms with van der Waals surface area (Å²) in [5.41, 5.74) is -1.14. The smallest absolute Gasteiger partial charge is 0.333 e. The number of aromatic amines is 1. The maximum Gasteiger partial charge on any atom is 0.333 e. The molecule has 8 heterocycles. The Labute approximate surface area is 717 Å². The molecular weight excluding hydrogens is 1700 g/mol. The summed E-state index contributed by atoms with van der Waals surface area (Å²) in [5.74, 6) is -27.4. The number of esters is 1. The Kier molecular flexibility index (Phi) is 33.7. The van der Waals surface area contributed by atoms with Gasteiger partial charge in [-0.25, -0.2) is 4.79 Å². The number of thioether (sulfide) groups is 2. The van der Waals surface area contributed by atoms with Gasteiger partial charge in [-0.1, -0.05) is 27.2 Å². The lowest BCUT2D eigenvalue weighted by molar-refractivity contribution is -0.158. The molecule has 678 valence electrons. The lowest BCUT2D eigenvalue weighted by Crippen LogP contribution is -2.66. The molecule has 10 unspecified atom stereocenters. The van der Waals surface area contributed by atoms with Gasteiger partial charge < -0.3 is 119 Å². The maximum absolute atomic E-state index is 15.7. The van der Waals surface area contributed by atoms with Gasteiger partial charge in [0.15, 0.2) is 5.75 Å². The maximum atomic E-state index is 15.7. The van der Waals surface area contributed by atoms with Crippen LogP contribution in [0.25, 0.3) is 10.9 Å². The van der Waals surface area contributed by atoms with Crippen molar-refractivity contribution in [1.29, 1.82) is 0 Å². The third kappa shape index (κ3) is 24.2. The first-order chi connectivity index (χ1) is 58.7. The van der Waals surface area contributed by atoms with Crippen molar-refractivity contribution in [2.45, 2.75) is 200 Å². The largest absolute Gasteiger partial charge is 0.481 e. The third-order valence-electron chi connectivity index (χ3n) is 21.3. The van der Waals surface area contributed by atoms with Crippen molar-refractivity contribution >= 4 is 175 Å². The van der Waals surface area contributed by atoms with Gasteiger partial charge in [0, 0.05) is 80.6 Å². The number of aliphatic carboxylic acids is 1. The molecule has 0 radical (unpaired) electrons. The fourth-order valence-corrected chi connectivity index (χ4v) is 18.3. The highest BCUT2D eigenvalue weighted by Crippen LogP contribution is 2.39. The van der Waals surface area contributed by atoms with Crippen LogP contribution in [0.3, 0.4) is 0 Å². The minimum absolute atomic E-state index is 0.0958. The third-order valence-corrected chi connectivity index (χ3v) is 25.4. The van der Waals surface area contributed by atoms with Gasteiger partial charge in [0.05, 0.1) is 103 Å². The SMILES string of the molecule is CC[C@H](C)[C@@H]1NC(=O)CNC(=O)[C@@H]2Cc3c([nH]c4cc5c(cc34)NC(=O)C(C)NC(=O)C(C)NC(=O)CCOCCNC(=O)C3C(C(=O)NCCOCCC(=O)NC(C)C(=O)NC(C)C(=O)O5)N4C(=O)CC(SCSC5CC(=O)N3C5=O)C4=O)S(=O)C[C@H](NC(=O)CNC1=O)C(=O)N[C@@H](CC(=O)O)C(=O)N1C[C@H](O)C[C@H]1C(=O)N[C@@H](C(C)[C@@H](O)CO)C(=O)N2. The molecule has 0 aliphatic carbocycles. The van der Waals surface area contributed by atoms with Gasteiger partial charge in [0.25, 0.3) is 0 Å². The minimum Gasteiger partial charge on any atom is -0.481 e. The van der Waals surface area contributed by atoms with Gasteiger partial charge in [-0.3, -0.25) is 110 Å². The number of H-pyrrole nitrogens is 1. The van der Waals surface area contributed by atoms with Gasteiger partial charge in [-0.2, -0.15) is 0 Å². The first-order valence-corrected chi connectivity index (χ1v) is 43.1. The summed E-state index contributed by atoms with van der Waals surface area (Å²) in [5, 5.41) is 73.6. The van der Waals surface area contributed by atoms with E-state index in [0.717, 1.165) is 49.5 Å². The van der Waals surface area contributed by atoms with Gasteiger partial charge in [0.2, 0.25) is 112 Å². The number of carbonyl (C=O) groups excluding carboxylic acids is 20. The Bertz CT molecular complexity index is 4590. The number of aromatic nitrogens is 1. The molecule has 1 aromatic heterocycles. The summed E-state index contributed by atoms with van der Waals surface area (Å²) in [6.45, 7) is 3.12. The summed E-state index contributed by atoms with van der Waals surface area (Å²) >= 11 is 2.04. The van der Waals surface area contributed by atoms with Crippen molar-refractivity contribution in [1.82, 2.24) is 88.8 Å². The van der Waals surface area contributed by atoms with Crippen LogP contribution in [0.2, 0.25) is 0 Å². The lowest BCUT2D eigenvalue weighted by Gasteiger charge is -2.35. The molecule has 19 atom stereocenters. The predicted molar refractivity (Wildman–Crippen MR) is 429 cm³/mol. The predicted octanol–water partition coefficient (Wildman–Crippen LogP) is -9.67. The number of anilines is 1. The van der Waals surface area contributed by atoms with Crippen LogP contribution in [0.5, 0.6) is 5.75 Å².